The van der Waals surface area contributed by atoms with Crippen LogP contribution in [0.3, 0.4) is 0 Å². The second kappa shape index (κ2) is 10.7. The Balaban J connectivity index is 0.000000678. The third-order valence-corrected chi connectivity index (χ3v) is 4.93. The van der Waals surface area contributed by atoms with Crippen LogP contribution in [0, 0.1) is 11.3 Å². The number of aliphatic hydroxyl groups is 7. The zero-order valence-electron chi connectivity index (χ0n) is 19.5. The maximum atomic E-state index is 12.6. The smallest absolute Gasteiger partial charge is 0.278 e. The first kappa shape index (κ1) is 28.8. The molecular formula is C23H28N4O9. The molecule has 194 valence electrons. The van der Waals surface area contributed by atoms with Gasteiger partial charge in [-0.15, -0.1) is 0 Å². The van der Waals surface area contributed by atoms with E-state index in [9.17, 15) is 30.5 Å². The number of amides is 1. The number of nitrogens with two attached hydrogens (primary N) is 2. The quantitative estimate of drug-likeness (QED) is 0.120. The van der Waals surface area contributed by atoms with Crippen LogP contribution in [0.5, 0.6) is 5.75 Å². The number of ether oxygens (including phenoxy) is 1. The van der Waals surface area contributed by atoms with Gasteiger partial charge in [0.25, 0.3) is 5.91 Å². The minimum atomic E-state index is -2.99. The number of fused-ring (bicyclic) bond motifs is 1. The summed E-state index contributed by atoms with van der Waals surface area (Å²) in [5, 5.41) is 73.2. The van der Waals surface area contributed by atoms with Crippen molar-refractivity contribution in [3.05, 3.63) is 64.2 Å². The molecule has 0 heterocycles. The summed E-state index contributed by atoms with van der Waals surface area (Å²) in [5.41, 5.74) is 10.6. The summed E-state index contributed by atoms with van der Waals surface area (Å²) >= 11 is 0. The van der Waals surface area contributed by atoms with Crippen molar-refractivity contribution in [3.8, 4) is 11.8 Å². The molecule has 11 N–H and O–H groups in total. The van der Waals surface area contributed by atoms with Gasteiger partial charge in [0.15, 0.2) is 0 Å². The fourth-order valence-corrected chi connectivity index (χ4v) is 3.30. The number of amidine groups is 1. The Morgan fingerprint density at radius 2 is 1.83 bits per heavy atom. The zero-order valence-corrected chi connectivity index (χ0v) is 19.5. The highest BCUT2D eigenvalue weighted by atomic mass is 16.6. The van der Waals surface area contributed by atoms with Crippen molar-refractivity contribution in [3.63, 3.8) is 0 Å². The molecule has 0 atom stereocenters. The third-order valence-electron chi connectivity index (χ3n) is 4.93. The first-order chi connectivity index (χ1) is 16.5. The highest BCUT2D eigenvalue weighted by Crippen LogP contribution is 2.42. The van der Waals surface area contributed by atoms with E-state index in [0.29, 0.717) is 5.75 Å². The highest BCUT2D eigenvalue weighted by Gasteiger charge is 2.56. The van der Waals surface area contributed by atoms with Crippen molar-refractivity contribution in [2.45, 2.75) is 43.9 Å². The largest absolute Gasteiger partial charge is 0.490 e. The van der Waals surface area contributed by atoms with E-state index < -0.39 is 36.4 Å². The summed E-state index contributed by atoms with van der Waals surface area (Å²) in [6.07, 6.45) is -0.595. The Hall–Kier alpha value is -3.45. The number of rotatable bonds is 5. The van der Waals surface area contributed by atoms with Gasteiger partial charge in [0.1, 0.15) is 24.3 Å². The molecule has 0 fully saturated rings. The SMILES string of the molecule is CC(C)Oc1ccc(C(=O)N=C(N)c2cccc3c2C(O)(O)C(O)(O)C3)cc1C#N.NC(O)(O)CO. The molecule has 0 aromatic heterocycles. The van der Waals surface area contributed by atoms with E-state index in [0.717, 1.165) is 0 Å². The molecule has 0 unspecified atom stereocenters. The van der Waals surface area contributed by atoms with Gasteiger partial charge in [-0.2, -0.15) is 10.3 Å². The summed E-state index contributed by atoms with van der Waals surface area (Å²) in [6.45, 7) is 2.77. The Kier molecular flexibility index (Phi) is 8.53. The number of nitriles is 1. The minimum Gasteiger partial charge on any atom is -0.490 e. The van der Waals surface area contributed by atoms with Crippen molar-refractivity contribution >= 4 is 11.7 Å². The van der Waals surface area contributed by atoms with E-state index in [1.54, 1.807) is 13.8 Å². The monoisotopic (exact) mass is 504 g/mol. The molecule has 13 heteroatoms. The standard InChI is InChI=1S/C21H21N3O6.C2H7NO3/c1-11(2)30-16-7-6-12(8-14(16)10-22)19(25)24-18(23)15-5-3-4-13-9-20(26,27)21(28,29)17(13)15;3-2(5,6)1-4/h3-8,11,26-29H,9H2,1-2H3,(H2,23,24,25);4-6H,1,3H2. The fourth-order valence-electron chi connectivity index (χ4n) is 3.30. The molecule has 0 spiro atoms. The van der Waals surface area contributed by atoms with E-state index >= 15 is 0 Å². The average molecular weight is 504 g/mol. The van der Waals surface area contributed by atoms with Gasteiger partial charge in [-0.3, -0.25) is 10.5 Å². The second-order valence-corrected chi connectivity index (χ2v) is 8.33. The van der Waals surface area contributed by atoms with E-state index in [1.807, 2.05) is 6.07 Å². The van der Waals surface area contributed by atoms with Crippen molar-refractivity contribution in [2.75, 3.05) is 6.61 Å². The molecule has 13 nitrogen and oxygen atoms in total. The van der Waals surface area contributed by atoms with Gasteiger partial charge in [0.05, 0.1) is 11.7 Å². The van der Waals surface area contributed by atoms with Gasteiger partial charge in [0.2, 0.25) is 17.5 Å². The Morgan fingerprint density at radius 3 is 2.36 bits per heavy atom. The maximum absolute atomic E-state index is 12.6. The summed E-state index contributed by atoms with van der Waals surface area (Å²) in [4.78, 5) is 16.4. The van der Waals surface area contributed by atoms with Crippen LogP contribution in [0.1, 0.15) is 46.5 Å². The molecule has 1 aliphatic carbocycles. The van der Waals surface area contributed by atoms with Crippen LogP contribution in [0.4, 0.5) is 0 Å². The lowest BCUT2D eigenvalue weighted by Crippen LogP contribution is -2.49. The summed E-state index contributed by atoms with van der Waals surface area (Å²) in [7, 11) is 0. The van der Waals surface area contributed by atoms with Crippen LogP contribution in [0.2, 0.25) is 0 Å². The molecule has 0 saturated carbocycles. The number of carbonyl (C=O) groups excluding carboxylic acids is 1. The minimum absolute atomic E-state index is 0.0175. The van der Waals surface area contributed by atoms with E-state index in [4.69, 9.17) is 25.8 Å². The van der Waals surface area contributed by atoms with E-state index in [-0.39, 0.29) is 39.8 Å². The average Bonchev–Trinajstić information content (AvgIpc) is 2.96. The first-order valence-electron chi connectivity index (χ1n) is 10.5. The fraction of sp³-hybridized carbons (Fsp3) is 0.348. The van der Waals surface area contributed by atoms with Gasteiger partial charge in [0, 0.05) is 23.1 Å². The second-order valence-electron chi connectivity index (χ2n) is 8.33. The molecule has 0 bridgehead atoms. The van der Waals surface area contributed by atoms with Crippen LogP contribution in [0.25, 0.3) is 0 Å². The Morgan fingerprint density at radius 1 is 1.22 bits per heavy atom. The van der Waals surface area contributed by atoms with Gasteiger partial charge >= 0.3 is 0 Å². The molecule has 0 saturated heterocycles. The Bertz CT molecular complexity index is 1200. The lowest BCUT2D eigenvalue weighted by molar-refractivity contribution is -0.355. The van der Waals surface area contributed by atoms with E-state index in [2.05, 4.69) is 10.7 Å². The lowest BCUT2D eigenvalue weighted by atomic mass is 9.98. The van der Waals surface area contributed by atoms with Crippen LogP contribution < -0.4 is 16.2 Å². The van der Waals surface area contributed by atoms with E-state index in [1.165, 1.54) is 36.4 Å². The number of aliphatic hydroxyl groups excluding tert-OH is 1. The summed E-state index contributed by atoms with van der Waals surface area (Å²) in [5.74, 6) is -9.00. The van der Waals surface area contributed by atoms with Gasteiger partial charge in [-0.1, -0.05) is 18.2 Å². The maximum Gasteiger partial charge on any atom is 0.278 e. The number of hydrogen-bond acceptors (Lipinski definition) is 11. The topological polar surface area (TPSA) is 256 Å². The molecule has 2 aromatic carbocycles. The first-order valence-corrected chi connectivity index (χ1v) is 10.5. The lowest BCUT2D eigenvalue weighted by Gasteiger charge is -2.29. The van der Waals surface area contributed by atoms with Crippen molar-refractivity contribution in [1.82, 2.24) is 0 Å². The molecule has 3 rings (SSSR count). The summed E-state index contributed by atoms with van der Waals surface area (Å²) in [6, 6.07) is 10.6. The van der Waals surface area contributed by atoms with Crippen molar-refractivity contribution in [1.29, 1.82) is 5.26 Å². The molecule has 36 heavy (non-hydrogen) atoms. The number of benzene rings is 2. The third kappa shape index (κ3) is 6.40. The highest BCUT2D eigenvalue weighted by molar-refractivity contribution is 6.09. The van der Waals surface area contributed by atoms with Gasteiger partial charge < -0.3 is 46.2 Å². The molecular weight excluding hydrogens is 476 g/mol. The predicted octanol–water partition coefficient (Wildman–Crippen LogP) is -2.16. The van der Waals surface area contributed by atoms with Crippen molar-refractivity contribution < 1.29 is 45.3 Å². The summed E-state index contributed by atoms with van der Waals surface area (Å²) < 4.78 is 5.52. The molecule has 2 aromatic rings. The van der Waals surface area contributed by atoms with Gasteiger partial charge in [-0.05, 0) is 37.6 Å². The number of hydrogen-bond donors (Lipinski definition) is 9. The molecule has 0 aliphatic heterocycles. The Labute approximate surface area is 205 Å². The van der Waals surface area contributed by atoms with Crippen molar-refractivity contribution in [2.24, 2.45) is 16.5 Å². The molecule has 1 aliphatic rings. The predicted molar refractivity (Wildman–Crippen MR) is 124 cm³/mol. The van der Waals surface area contributed by atoms with Crippen LogP contribution in [-0.4, -0.2) is 71.9 Å². The molecule has 1 amide bonds. The van der Waals surface area contributed by atoms with Crippen LogP contribution >= 0.6 is 0 Å². The number of nitrogens with zero attached hydrogens (tertiary/aromatic N) is 2. The normalized spacial score (nSPS) is 16.0. The molecule has 0 radical (unpaired) electrons. The number of aliphatic imine (C=N–C) groups is 1. The van der Waals surface area contributed by atoms with Crippen LogP contribution in [0.15, 0.2) is 41.4 Å². The number of carbonyl (C=O) groups is 1. The zero-order chi connectivity index (χ0) is 27.5. The van der Waals surface area contributed by atoms with Crippen LogP contribution in [-0.2, 0) is 12.2 Å². The van der Waals surface area contributed by atoms with Gasteiger partial charge in [-0.25, -0.2) is 0 Å².